The Kier molecular flexibility index (Phi) is 3.11. The maximum Gasteiger partial charge on any atom is 0.142 e. The first-order valence-electron chi connectivity index (χ1n) is 6.82. The summed E-state index contributed by atoms with van der Waals surface area (Å²) in [4.78, 5) is 8.49. The quantitative estimate of drug-likeness (QED) is 0.859. The van der Waals surface area contributed by atoms with Crippen molar-refractivity contribution < 1.29 is 0 Å². The van der Waals surface area contributed by atoms with Gasteiger partial charge in [0.2, 0.25) is 0 Å². The summed E-state index contributed by atoms with van der Waals surface area (Å²) in [6.07, 6.45) is 6.50. The third-order valence-electron chi connectivity index (χ3n) is 3.92. The van der Waals surface area contributed by atoms with Crippen LogP contribution < -0.4 is 5.73 Å². The summed E-state index contributed by atoms with van der Waals surface area (Å²) in [5, 5.41) is 9.44. The van der Waals surface area contributed by atoms with Gasteiger partial charge in [0.05, 0.1) is 0 Å². The lowest BCUT2D eigenvalue weighted by atomic mass is 9.82. The van der Waals surface area contributed by atoms with Crippen LogP contribution in [-0.2, 0) is 12.8 Å². The SMILES string of the molecule is C[C@H]1CCc2nc(N)c(C#N)c(-c3ccncc3)c2C1. The predicted molar refractivity (Wildman–Crippen MR) is 77.8 cm³/mol. The topological polar surface area (TPSA) is 75.6 Å². The Balaban J connectivity index is 2.30. The second-order valence-corrected chi connectivity index (χ2v) is 5.37. The Morgan fingerprint density at radius 2 is 2.10 bits per heavy atom. The summed E-state index contributed by atoms with van der Waals surface area (Å²) in [6, 6.07) is 6.07. The van der Waals surface area contributed by atoms with Crippen LogP contribution in [0.2, 0.25) is 0 Å². The van der Waals surface area contributed by atoms with Gasteiger partial charge in [-0.2, -0.15) is 5.26 Å². The highest BCUT2D eigenvalue weighted by Gasteiger charge is 2.24. The monoisotopic (exact) mass is 264 g/mol. The molecule has 0 radical (unpaired) electrons. The van der Waals surface area contributed by atoms with Crippen LogP contribution in [0, 0.1) is 17.2 Å². The van der Waals surface area contributed by atoms with Crippen molar-refractivity contribution in [2.24, 2.45) is 5.92 Å². The number of fused-ring (bicyclic) bond motifs is 1. The van der Waals surface area contributed by atoms with E-state index in [2.05, 4.69) is 23.0 Å². The number of aryl methyl sites for hydroxylation is 1. The van der Waals surface area contributed by atoms with Crippen molar-refractivity contribution in [3.63, 3.8) is 0 Å². The smallest absolute Gasteiger partial charge is 0.142 e. The van der Waals surface area contributed by atoms with Gasteiger partial charge in [0, 0.05) is 23.7 Å². The predicted octanol–water partition coefficient (Wildman–Crippen LogP) is 2.72. The molecule has 0 bridgehead atoms. The number of nitrogens with two attached hydrogens (primary N) is 1. The largest absolute Gasteiger partial charge is 0.383 e. The van der Waals surface area contributed by atoms with Gasteiger partial charge in [-0.25, -0.2) is 4.98 Å². The molecule has 2 heterocycles. The molecule has 2 aromatic heterocycles. The Hall–Kier alpha value is -2.41. The molecule has 0 aromatic carbocycles. The lowest BCUT2D eigenvalue weighted by Gasteiger charge is -2.24. The number of nitrogen functional groups attached to an aromatic ring is 1. The van der Waals surface area contributed by atoms with Crippen molar-refractivity contribution in [1.29, 1.82) is 5.26 Å². The number of anilines is 1. The van der Waals surface area contributed by atoms with E-state index in [1.807, 2.05) is 12.1 Å². The minimum atomic E-state index is 0.340. The van der Waals surface area contributed by atoms with Gasteiger partial charge in [-0.15, -0.1) is 0 Å². The van der Waals surface area contributed by atoms with Crippen LogP contribution in [0.4, 0.5) is 5.82 Å². The molecular weight excluding hydrogens is 248 g/mol. The summed E-state index contributed by atoms with van der Waals surface area (Å²) in [5.41, 5.74) is 10.6. The maximum atomic E-state index is 9.44. The highest BCUT2D eigenvalue weighted by atomic mass is 14.9. The van der Waals surface area contributed by atoms with Crippen LogP contribution in [0.5, 0.6) is 0 Å². The second kappa shape index (κ2) is 4.93. The van der Waals surface area contributed by atoms with E-state index >= 15 is 0 Å². The number of aromatic nitrogens is 2. The van der Waals surface area contributed by atoms with Crippen molar-refractivity contribution in [3.05, 3.63) is 41.3 Å². The summed E-state index contributed by atoms with van der Waals surface area (Å²) >= 11 is 0. The van der Waals surface area contributed by atoms with Crippen LogP contribution in [0.25, 0.3) is 11.1 Å². The number of rotatable bonds is 1. The second-order valence-electron chi connectivity index (χ2n) is 5.37. The first-order valence-corrected chi connectivity index (χ1v) is 6.82. The van der Waals surface area contributed by atoms with Gasteiger partial charge >= 0.3 is 0 Å². The fraction of sp³-hybridized carbons (Fsp3) is 0.312. The molecule has 100 valence electrons. The third-order valence-corrected chi connectivity index (χ3v) is 3.92. The molecule has 0 spiro atoms. The summed E-state index contributed by atoms with van der Waals surface area (Å²) in [7, 11) is 0. The van der Waals surface area contributed by atoms with Gasteiger partial charge in [0.15, 0.2) is 0 Å². The molecule has 0 amide bonds. The minimum absolute atomic E-state index is 0.340. The fourth-order valence-electron chi connectivity index (χ4n) is 2.90. The third kappa shape index (κ3) is 2.01. The molecular formula is C16H16N4. The number of nitriles is 1. The molecule has 0 saturated carbocycles. The number of nitrogens with zero attached hydrogens (tertiary/aromatic N) is 3. The molecule has 0 unspecified atom stereocenters. The zero-order valence-corrected chi connectivity index (χ0v) is 11.4. The lowest BCUT2D eigenvalue weighted by molar-refractivity contribution is 0.495. The molecule has 20 heavy (non-hydrogen) atoms. The van der Waals surface area contributed by atoms with Gasteiger partial charge in [-0.1, -0.05) is 6.92 Å². The first-order chi connectivity index (χ1) is 9.70. The number of hydrogen-bond acceptors (Lipinski definition) is 4. The Bertz CT molecular complexity index is 686. The van der Waals surface area contributed by atoms with E-state index in [1.165, 1.54) is 5.56 Å². The molecule has 2 aromatic rings. The van der Waals surface area contributed by atoms with E-state index in [9.17, 15) is 5.26 Å². The highest BCUT2D eigenvalue weighted by molar-refractivity contribution is 5.79. The molecule has 1 aliphatic rings. The molecule has 1 aliphatic carbocycles. The fourth-order valence-corrected chi connectivity index (χ4v) is 2.90. The molecule has 4 heteroatoms. The minimum Gasteiger partial charge on any atom is -0.383 e. The van der Waals surface area contributed by atoms with E-state index in [0.717, 1.165) is 36.1 Å². The van der Waals surface area contributed by atoms with Gasteiger partial charge in [0.25, 0.3) is 0 Å². The average Bonchev–Trinajstić information content (AvgIpc) is 2.47. The van der Waals surface area contributed by atoms with E-state index < -0.39 is 0 Å². The Morgan fingerprint density at radius 1 is 1.35 bits per heavy atom. The molecule has 1 atom stereocenters. The maximum absolute atomic E-state index is 9.44. The zero-order valence-electron chi connectivity index (χ0n) is 11.4. The van der Waals surface area contributed by atoms with Crippen LogP contribution in [0.15, 0.2) is 24.5 Å². The van der Waals surface area contributed by atoms with Crippen LogP contribution in [0.3, 0.4) is 0 Å². The first kappa shape index (κ1) is 12.6. The van der Waals surface area contributed by atoms with E-state index in [0.29, 0.717) is 17.3 Å². The zero-order chi connectivity index (χ0) is 14.1. The van der Waals surface area contributed by atoms with Crippen LogP contribution in [0.1, 0.15) is 30.2 Å². The molecule has 2 N–H and O–H groups in total. The summed E-state index contributed by atoms with van der Waals surface area (Å²) in [6.45, 7) is 2.24. The molecule has 0 saturated heterocycles. The van der Waals surface area contributed by atoms with E-state index in [4.69, 9.17) is 5.73 Å². The van der Waals surface area contributed by atoms with Gasteiger partial charge in [-0.05, 0) is 48.4 Å². The summed E-state index contributed by atoms with van der Waals surface area (Å²) < 4.78 is 0. The molecule has 4 nitrogen and oxygen atoms in total. The lowest BCUT2D eigenvalue weighted by Crippen LogP contribution is -2.16. The Morgan fingerprint density at radius 3 is 2.80 bits per heavy atom. The van der Waals surface area contributed by atoms with Crippen molar-refractivity contribution in [3.8, 4) is 17.2 Å². The van der Waals surface area contributed by atoms with Crippen molar-refractivity contribution in [2.75, 3.05) is 5.73 Å². The molecule has 0 fully saturated rings. The van der Waals surface area contributed by atoms with Crippen molar-refractivity contribution in [1.82, 2.24) is 9.97 Å². The van der Waals surface area contributed by atoms with Crippen molar-refractivity contribution >= 4 is 5.82 Å². The van der Waals surface area contributed by atoms with Gasteiger partial charge in [0.1, 0.15) is 17.5 Å². The van der Waals surface area contributed by atoms with E-state index in [-0.39, 0.29) is 0 Å². The normalized spacial score (nSPS) is 17.3. The van der Waals surface area contributed by atoms with Crippen molar-refractivity contribution in [2.45, 2.75) is 26.2 Å². The highest BCUT2D eigenvalue weighted by Crippen LogP contribution is 2.36. The van der Waals surface area contributed by atoms with E-state index in [1.54, 1.807) is 12.4 Å². The summed E-state index contributed by atoms with van der Waals surface area (Å²) in [5.74, 6) is 0.952. The van der Waals surface area contributed by atoms with Gasteiger partial charge in [-0.3, -0.25) is 4.98 Å². The average molecular weight is 264 g/mol. The van der Waals surface area contributed by atoms with Gasteiger partial charge < -0.3 is 5.73 Å². The van der Waals surface area contributed by atoms with Crippen LogP contribution in [-0.4, -0.2) is 9.97 Å². The Labute approximate surface area is 118 Å². The molecule has 0 aliphatic heterocycles. The molecule has 3 rings (SSSR count). The number of hydrogen-bond donors (Lipinski definition) is 1. The van der Waals surface area contributed by atoms with Crippen LogP contribution >= 0.6 is 0 Å². The standard InChI is InChI=1S/C16H16N4/c1-10-2-3-14-12(8-10)15(11-4-6-19-7-5-11)13(9-17)16(18)20-14/h4-7,10H,2-3,8H2,1H3,(H2,18,20)/t10-/m0/s1. The number of pyridine rings is 2.